The van der Waals surface area contributed by atoms with Gasteiger partial charge in [0.05, 0.1) is 43.9 Å². The summed E-state index contributed by atoms with van der Waals surface area (Å²) in [4.78, 5) is 15.5. The van der Waals surface area contributed by atoms with Crippen LogP contribution in [0.2, 0.25) is 0 Å². The van der Waals surface area contributed by atoms with Gasteiger partial charge in [0.2, 0.25) is 0 Å². The summed E-state index contributed by atoms with van der Waals surface area (Å²) in [5, 5.41) is 7.58. The number of hydrogen-bond acceptors (Lipinski definition) is 6. The third-order valence-corrected chi connectivity index (χ3v) is 4.33. The van der Waals surface area contributed by atoms with Crippen LogP contribution in [0.15, 0.2) is 30.6 Å². The zero-order valence-electron chi connectivity index (χ0n) is 13.5. The topological polar surface area (TPSA) is 72.7 Å². The van der Waals surface area contributed by atoms with Gasteiger partial charge in [-0.05, 0) is 18.2 Å². The standard InChI is InChI=1S/C16H18FN5O3/c17-14-9-12(1-2-15(14)20-5-7-24-8-6-20)22-11-13(25-16(22)23)10-21-4-3-18-19-21/h1-4,9,13H,5-8,10-11H2. The average molecular weight is 347 g/mol. The van der Waals surface area contributed by atoms with Crippen LogP contribution < -0.4 is 9.80 Å². The van der Waals surface area contributed by atoms with Crippen LogP contribution in [0.1, 0.15) is 0 Å². The molecule has 2 aliphatic rings. The van der Waals surface area contributed by atoms with E-state index in [1.807, 2.05) is 4.90 Å². The first-order chi connectivity index (χ1) is 12.2. The highest BCUT2D eigenvalue weighted by Crippen LogP contribution is 2.28. The van der Waals surface area contributed by atoms with Gasteiger partial charge in [0.1, 0.15) is 11.9 Å². The van der Waals surface area contributed by atoms with Gasteiger partial charge in [-0.2, -0.15) is 0 Å². The summed E-state index contributed by atoms with van der Waals surface area (Å²) in [5.41, 5.74) is 1.01. The fraction of sp³-hybridized carbons (Fsp3) is 0.438. The molecule has 1 aromatic heterocycles. The van der Waals surface area contributed by atoms with Gasteiger partial charge in [-0.1, -0.05) is 5.21 Å². The first-order valence-corrected chi connectivity index (χ1v) is 8.15. The first-order valence-electron chi connectivity index (χ1n) is 8.15. The molecule has 1 atom stereocenters. The SMILES string of the molecule is O=C1OC(Cn2ccnn2)CN1c1ccc(N2CCOCC2)c(F)c1. The van der Waals surface area contributed by atoms with Crippen LogP contribution in [0.3, 0.4) is 0 Å². The third-order valence-electron chi connectivity index (χ3n) is 4.33. The van der Waals surface area contributed by atoms with E-state index in [0.717, 1.165) is 0 Å². The average Bonchev–Trinajstić information content (AvgIpc) is 3.25. The van der Waals surface area contributed by atoms with E-state index in [0.29, 0.717) is 50.8 Å². The maximum absolute atomic E-state index is 14.5. The summed E-state index contributed by atoms with van der Waals surface area (Å²) in [6, 6.07) is 4.82. The van der Waals surface area contributed by atoms with Crippen LogP contribution in [-0.2, 0) is 16.0 Å². The number of cyclic esters (lactones) is 1. The summed E-state index contributed by atoms with van der Waals surface area (Å²) in [7, 11) is 0. The van der Waals surface area contributed by atoms with E-state index >= 15 is 0 Å². The quantitative estimate of drug-likeness (QED) is 0.830. The Balaban J connectivity index is 1.47. The van der Waals surface area contributed by atoms with Crippen molar-refractivity contribution in [2.24, 2.45) is 0 Å². The number of rotatable bonds is 4. The Hall–Kier alpha value is -2.68. The second kappa shape index (κ2) is 6.67. The highest BCUT2D eigenvalue weighted by Gasteiger charge is 2.33. The number of benzene rings is 1. The van der Waals surface area contributed by atoms with Crippen molar-refractivity contribution >= 4 is 17.5 Å². The van der Waals surface area contributed by atoms with E-state index in [-0.39, 0.29) is 11.9 Å². The maximum atomic E-state index is 14.5. The smallest absolute Gasteiger partial charge is 0.414 e. The van der Waals surface area contributed by atoms with Crippen molar-refractivity contribution in [3.05, 3.63) is 36.4 Å². The number of anilines is 2. The van der Waals surface area contributed by atoms with Gasteiger partial charge in [-0.25, -0.2) is 13.9 Å². The summed E-state index contributed by atoms with van der Waals surface area (Å²) in [6.45, 7) is 3.24. The molecule has 1 unspecified atom stereocenters. The number of nitrogens with zero attached hydrogens (tertiary/aromatic N) is 5. The van der Waals surface area contributed by atoms with Crippen LogP contribution in [0, 0.1) is 5.82 Å². The number of amides is 1. The molecule has 0 bridgehead atoms. The molecule has 4 rings (SSSR count). The second-order valence-electron chi connectivity index (χ2n) is 5.98. The summed E-state index contributed by atoms with van der Waals surface area (Å²) in [6.07, 6.45) is 2.43. The van der Waals surface area contributed by atoms with Gasteiger partial charge in [-0.3, -0.25) is 4.90 Å². The van der Waals surface area contributed by atoms with E-state index in [9.17, 15) is 9.18 Å². The summed E-state index contributed by atoms with van der Waals surface area (Å²) in [5.74, 6) is -0.355. The molecule has 0 N–H and O–H groups in total. The molecule has 1 amide bonds. The Morgan fingerprint density at radius 3 is 2.84 bits per heavy atom. The Labute approximate surface area is 143 Å². The van der Waals surface area contributed by atoms with Crippen molar-refractivity contribution in [1.29, 1.82) is 0 Å². The van der Waals surface area contributed by atoms with Crippen LogP contribution in [-0.4, -0.2) is 60.0 Å². The molecule has 0 saturated carbocycles. The van der Waals surface area contributed by atoms with Crippen molar-refractivity contribution in [3.63, 3.8) is 0 Å². The lowest BCUT2D eigenvalue weighted by atomic mass is 10.2. The lowest BCUT2D eigenvalue weighted by Gasteiger charge is -2.29. The monoisotopic (exact) mass is 347 g/mol. The number of ether oxygens (including phenoxy) is 2. The molecule has 2 saturated heterocycles. The minimum Gasteiger partial charge on any atom is -0.442 e. The minimum atomic E-state index is -0.483. The van der Waals surface area contributed by atoms with Crippen molar-refractivity contribution in [2.75, 3.05) is 42.6 Å². The Bertz CT molecular complexity index is 748. The molecule has 8 nitrogen and oxygen atoms in total. The minimum absolute atomic E-state index is 0.342. The van der Waals surface area contributed by atoms with Gasteiger partial charge < -0.3 is 14.4 Å². The van der Waals surface area contributed by atoms with E-state index in [1.54, 1.807) is 29.2 Å². The molecule has 1 aromatic carbocycles. The fourth-order valence-corrected chi connectivity index (χ4v) is 3.09. The zero-order chi connectivity index (χ0) is 17.2. The van der Waals surface area contributed by atoms with Crippen LogP contribution in [0.5, 0.6) is 0 Å². The number of morpholine rings is 1. The molecule has 0 spiro atoms. The molecule has 2 fully saturated rings. The van der Waals surface area contributed by atoms with E-state index in [2.05, 4.69) is 10.3 Å². The molecule has 0 aliphatic carbocycles. The lowest BCUT2D eigenvalue weighted by molar-refractivity contribution is 0.122. The predicted octanol–water partition coefficient (Wildman–Crippen LogP) is 1.28. The predicted molar refractivity (Wildman–Crippen MR) is 87.1 cm³/mol. The summed E-state index contributed by atoms with van der Waals surface area (Å²) < 4.78 is 26.8. The van der Waals surface area contributed by atoms with Crippen molar-refractivity contribution < 1.29 is 18.7 Å². The van der Waals surface area contributed by atoms with Gasteiger partial charge in [0.15, 0.2) is 0 Å². The van der Waals surface area contributed by atoms with Crippen LogP contribution >= 0.6 is 0 Å². The molecule has 3 heterocycles. The Morgan fingerprint density at radius 2 is 2.12 bits per heavy atom. The van der Waals surface area contributed by atoms with Crippen molar-refractivity contribution in [1.82, 2.24) is 15.0 Å². The third kappa shape index (κ3) is 3.27. The van der Waals surface area contributed by atoms with Gasteiger partial charge in [0.25, 0.3) is 0 Å². The number of hydrogen-bond donors (Lipinski definition) is 0. The van der Waals surface area contributed by atoms with Crippen LogP contribution in [0.25, 0.3) is 0 Å². The Morgan fingerprint density at radius 1 is 1.28 bits per heavy atom. The van der Waals surface area contributed by atoms with Crippen LogP contribution in [0.4, 0.5) is 20.6 Å². The van der Waals surface area contributed by atoms with Gasteiger partial charge in [-0.15, -0.1) is 5.10 Å². The maximum Gasteiger partial charge on any atom is 0.414 e. The largest absolute Gasteiger partial charge is 0.442 e. The molecule has 132 valence electrons. The molecule has 2 aliphatic heterocycles. The molecule has 9 heteroatoms. The normalized spacial score (nSPS) is 20.8. The highest BCUT2D eigenvalue weighted by molar-refractivity contribution is 5.90. The van der Waals surface area contributed by atoms with Crippen molar-refractivity contribution in [3.8, 4) is 0 Å². The molecular weight excluding hydrogens is 329 g/mol. The molecule has 0 radical (unpaired) electrons. The van der Waals surface area contributed by atoms with E-state index in [1.165, 1.54) is 11.0 Å². The number of carbonyl (C=O) groups excluding carboxylic acids is 1. The second-order valence-corrected chi connectivity index (χ2v) is 5.98. The van der Waals surface area contributed by atoms with Gasteiger partial charge >= 0.3 is 6.09 Å². The number of halogens is 1. The van der Waals surface area contributed by atoms with Crippen molar-refractivity contribution in [2.45, 2.75) is 12.6 Å². The van der Waals surface area contributed by atoms with E-state index in [4.69, 9.17) is 9.47 Å². The molecule has 25 heavy (non-hydrogen) atoms. The Kier molecular flexibility index (Phi) is 4.22. The zero-order valence-corrected chi connectivity index (χ0v) is 13.5. The summed E-state index contributed by atoms with van der Waals surface area (Å²) >= 11 is 0. The number of carbonyl (C=O) groups is 1. The first kappa shape index (κ1) is 15.8. The van der Waals surface area contributed by atoms with E-state index < -0.39 is 6.09 Å². The fourth-order valence-electron chi connectivity index (χ4n) is 3.09. The highest BCUT2D eigenvalue weighted by atomic mass is 19.1. The molecule has 2 aromatic rings. The van der Waals surface area contributed by atoms with Gasteiger partial charge in [0, 0.05) is 19.3 Å². The number of aromatic nitrogens is 3. The molecular formula is C16H18FN5O3. The lowest BCUT2D eigenvalue weighted by Crippen LogP contribution is -2.36.